The number of methoxy groups -OCH3 is 1. The second-order valence-electron chi connectivity index (χ2n) is 5.64. The molecule has 24 heavy (non-hydrogen) atoms. The van der Waals surface area contributed by atoms with E-state index in [0.717, 1.165) is 12.0 Å². The van der Waals surface area contributed by atoms with E-state index in [9.17, 15) is 9.59 Å². The van der Waals surface area contributed by atoms with Gasteiger partial charge in [0.2, 0.25) is 0 Å². The summed E-state index contributed by atoms with van der Waals surface area (Å²) in [6.07, 6.45) is 2.45. The van der Waals surface area contributed by atoms with Crippen LogP contribution in [-0.4, -0.2) is 27.0 Å². The van der Waals surface area contributed by atoms with Crippen molar-refractivity contribution in [3.05, 3.63) is 51.4 Å². The number of hydrogen-bond acceptors (Lipinski definition) is 5. The molecule has 0 saturated heterocycles. The zero-order valence-electron chi connectivity index (χ0n) is 13.8. The maximum Gasteiger partial charge on any atom is 0.341 e. The lowest BCUT2D eigenvalue weighted by Crippen LogP contribution is -2.30. The van der Waals surface area contributed by atoms with Crippen LogP contribution >= 0.6 is 0 Å². The molecule has 0 bridgehead atoms. The Morgan fingerprint density at radius 3 is 2.79 bits per heavy atom. The van der Waals surface area contributed by atoms with Gasteiger partial charge in [-0.3, -0.25) is 14.6 Å². The predicted molar refractivity (Wildman–Crippen MR) is 89.2 cm³/mol. The quantitative estimate of drug-likeness (QED) is 0.585. The molecule has 1 N–H and O–H groups in total. The van der Waals surface area contributed by atoms with E-state index in [-0.39, 0.29) is 16.6 Å². The number of esters is 1. The van der Waals surface area contributed by atoms with E-state index in [1.165, 1.54) is 17.6 Å². The lowest BCUT2D eigenvalue weighted by Gasteiger charge is -2.13. The average Bonchev–Trinajstić information content (AvgIpc) is 2.57. The summed E-state index contributed by atoms with van der Waals surface area (Å²) in [4.78, 5) is 29.4. The monoisotopic (exact) mass is 326 g/mol. The van der Waals surface area contributed by atoms with E-state index >= 15 is 0 Å². The first kappa shape index (κ1) is 15.9. The van der Waals surface area contributed by atoms with Gasteiger partial charge in [0.15, 0.2) is 0 Å². The van der Waals surface area contributed by atoms with Gasteiger partial charge in [-0.2, -0.15) is 0 Å². The molecule has 0 aliphatic rings. The van der Waals surface area contributed by atoms with E-state index < -0.39 is 5.97 Å². The van der Waals surface area contributed by atoms with Crippen LogP contribution < -0.4 is 11.0 Å². The minimum Gasteiger partial charge on any atom is -0.465 e. The Balaban J connectivity index is 2.53. The number of fused-ring (bicyclic) bond motifs is 2. The highest BCUT2D eigenvalue weighted by molar-refractivity contribution is 5.93. The molecule has 0 spiro atoms. The third-order valence-corrected chi connectivity index (χ3v) is 3.91. The van der Waals surface area contributed by atoms with Gasteiger partial charge in [0.25, 0.3) is 5.56 Å². The number of carbonyl (C=O) groups excluding carboxylic acids is 1. The molecule has 7 nitrogen and oxygen atoms in total. The number of carbonyl (C=O) groups is 1. The summed E-state index contributed by atoms with van der Waals surface area (Å²) in [5.41, 5.74) is 1.63. The van der Waals surface area contributed by atoms with Crippen LogP contribution in [0.1, 0.15) is 29.3 Å². The van der Waals surface area contributed by atoms with E-state index in [4.69, 9.17) is 10.1 Å². The number of aryl methyl sites for hydroxylation is 2. The number of aromatic nitrogens is 3. The summed E-state index contributed by atoms with van der Waals surface area (Å²) in [6, 6.07) is 5.05. The first-order valence-corrected chi connectivity index (χ1v) is 7.67. The van der Waals surface area contributed by atoms with Crippen LogP contribution in [0.25, 0.3) is 16.7 Å². The zero-order valence-corrected chi connectivity index (χ0v) is 13.8. The molecule has 0 unspecified atom stereocenters. The molecule has 7 heteroatoms. The van der Waals surface area contributed by atoms with Gasteiger partial charge in [-0.25, -0.2) is 9.78 Å². The van der Waals surface area contributed by atoms with Crippen LogP contribution in [-0.2, 0) is 11.3 Å². The van der Waals surface area contributed by atoms with Gasteiger partial charge in [-0.1, -0.05) is 13.0 Å². The maximum atomic E-state index is 12.9. The van der Waals surface area contributed by atoms with E-state index in [2.05, 4.69) is 4.98 Å². The molecule has 3 rings (SSSR count). The Morgan fingerprint density at radius 1 is 1.38 bits per heavy atom. The first-order valence-electron chi connectivity index (χ1n) is 7.67. The van der Waals surface area contributed by atoms with Crippen LogP contribution in [0.4, 0.5) is 0 Å². The minimum absolute atomic E-state index is 0.000406. The largest absolute Gasteiger partial charge is 0.465 e. The van der Waals surface area contributed by atoms with Crippen LogP contribution in [0.3, 0.4) is 0 Å². The predicted octanol–water partition coefficient (Wildman–Crippen LogP) is 1.63. The van der Waals surface area contributed by atoms with Gasteiger partial charge in [0.1, 0.15) is 22.3 Å². The summed E-state index contributed by atoms with van der Waals surface area (Å²) >= 11 is 0. The van der Waals surface area contributed by atoms with Crippen molar-refractivity contribution in [2.24, 2.45) is 0 Å². The fourth-order valence-corrected chi connectivity index (χ4v) is 2.75. The van der Waals surface area contributed by atoms with Gasteiger partial charge in [0.05, 0.1) is 12.5 Å². The average molecular weight is 326 g/mol. The Hall–Kier alpha value is -2.96. The number of ether oxygens (including phenoxy) is 1. The molecule has 0 fully saturated rings. The summed E-state index contributed by atoms with van der Waals surface area (Å²) in [7, 11) is 1.25. The Bertz CT molecular complexity index is 1080. The fourth-order valence-electron chi connectivity index (χ4n) is 2.75. The van der Waals surface area contributed by atoms with E-state index in [0.29, 0.717) is 23.2 Å². The standard InChI is InChI=1S/C17H18N4O3/c1-4-7-20-14(18)11(17(23)24-3)8-12-15(20)19-13-6-5-10(2)9-21(13)16(12)22/h5-6,8-9,18H,4,7H2,1-3H3. The third kappa shape index (κ3) is 2.38. The van der Waals surface area contributed by atoms with Crippen molar-refractivity contribution >= 4 is 22.6 Å². The number of nitrogens with one attached hydrogen (secondary N) is 1. The summed E-state index contributed by atoms with van der Waals surface area (Å²) in [6.45, 7) is 4.33. The van der Waals surface area contributed by atoms with Gasteiger partial charge < -0.3 is 9.30 Å². The third-order valence-electron chi connectivity index (χ3n) is 3.91. The van der Waals surface area contributed by atoms with Gasteiger partial charge >= 0.3 is 5.97 Å². The molecule has 3 aromatic rings. The van der Waals surface area contributed by atoms with Crippen molar-refractivity contribution in [1.82, 2.24) is 14.0 Å². The van der Waals surface area contributed by atoms with Crippen LogP contribution in [0, 0.1) is 12.3 Å². The minimum atomic E-state index is -0.638. The molecule has 0 aliphatic heterocycles. The highest BCUT2D eigenvalue weighted by Crippen LogP contribution is 2.12. The topological polar surface area (TPSA) is 89.5 Å². The lowest BCUT2D eigenvalue weighted by molar-refractivity contribution is 0.0597. The molecule has 0 radical (unpaired) electrons. The van der Waals surface area contributed by atoms with Crippen LogP contribution in [0.5, 0.6) is 0 Å². The molecular formula is C17H18N4O3. The summed E-state index contributed by atoms with van der Waals surface area (Å²) < 4.78 is 7.79. The Kier molecular flexibility index (Phi) is 3.92. The SMILES string of the molecule is CCCn1c(=N)c(C(=O)OC)cc2c(=O)n3cc(C)ccc3nc21. The van der Waals surface area contributed by atoms with Crippen LogP contribution in [0.15, 0.2) is 29.2 Å². The molecule has 0 aromatic carbocycles. The number of nitrogens with zero attached hydrogens (tertiary/aromatic N) is 3. The zero-order chi connectivity index (χ0) is 17.4. The molecular weight excluding hydrogens is 308 g/mol. The molecule has 124 valence electrons. The first-order chi connectivity index (χ1) is 11.5. The van der Waals surface area contributed by atoms with E-state index in [1.54, 1.807) is 16.8 Å². The molecule has 0 saturated carbocycles. The van der Waals surface area contributed by atoms with Gasteiger partial charge in [-0.05, 0) is 31.0 Å². The van der Waals surface area contributed by atoms with E-state index in [1.807, 2.05) is 19.9 Å². The van der Waals surface area contributed by atoms with Crippen molar-refractivity contribution < 1.29 is 9.53 Å². The summed E-state index contributed by atoms with van der Waals surface area (Å²) in [5.74, 6) is -0.638. The maximum absolute atomic E-state index is 12.9. The number of rotatable bonds is 3. The summed E-state index contributed by atoms with van der Waals surface area (Å²) in [5, 5.41) is 8.59. The van der Waals surface area contributed by atoms with Crippen molar-refractivity contribution in [3.63, 3.8) is 0 Å². The van der Waals surface area contributed by atoms with Crippen LogP contribution in [0.2, 0.25) is 0 Å². The molecule has 0 amide bonds. The Morgan fingerprint density at radius 2 is 2.12 bits per heavy atom. The highest BCUT2D eigenvalue weighted by Gasteiger charge is 2.17. The Labute approximate surface area is 137 Å². The number of pyridine rings is 2. The fraction of sp³-hybridized carbons (Fsp3) is 0.294. The van der Waals surface area contributed by atoms with Gasteiger partial charge in [-0.15, -0.1) is 0 Å². The molecule has 0 atom stereocenters. The number of hydrogen-bond donors (Lipinski definition) is 1. The lowest BCUT2D eigenvalue weighted by atomic mass is 10.2. The highest BCUT2D eigenvalue weighted by atomic mass is 16.5. The van der Waals surface area contributed by atoms with Crippen molar-refractivity contribution in [3.8, 4) is 0 Å². The molecule has 3 heterocycles. The molecule has 3 aromatic heterocycles. The smallest absolute Gasteiger partial charge is 0.341 e. The molecule has 0 aliphatic carbocycles. The van der Waals surface area contributed by atoms with Gasteiger partial charge in [0, 0.05) is 12.7 Å². The second kappa shape index (κ2) is 5.92. The van der Waals surface area contributed by atoms with Crippen molar-refractivity contribution in [2.75, 3.05) is 7.11 Å². The van der Waals surface area contributed by atoms with Crippen molar-refractivity contribution in [1.29, 1.82) is 5.41 Å². The second-order valence-corrected chi connectivity index (χ2v) is 5.64. The van der Waals surface area contributed by atoms with Crippen molar-refractivity contribution in [2.45, 2.75) is 26.8 Å². The normalized spacial score (nSPS) is 11.1.